The number of hydrogen-bond acceptors (Lipinski definition) is 6. The lowest BCUT2D eigenvalue weighted by molar-refractivity contribution is -0.169. The Bertz CT molecular complexity index is 893. The van der Waals surface area contributed by atoms with Crippen molar-refractivity contribution in [3.8, 4) is 0 Å². The van der Waals surface area contributed by atoms with Gasteiger partial charge in [-0.05, 0) is 25.1 Å². The second-order valence-corrected chi connectivity index (χ2v) is 6.87. The highest BCUT2D eigenvalue weighted by Crippen LogP contribution is 2.32. The molecule has 0 unspecified atom stereocenters. The van der Waals surface area contributed by atoms with Crippen molar-refractivity contribution in [1.82, 2.24) is 9.97 Å². The molecule has 9 heteroatoms. The third-order valence-electron chi connectivity index (χ3n) is 4.88. The van der Waals surface area contributed by atoms with Gasteiger partial charge in [0.25, 0.3) is 5.91 Å². The number of anilines is 2. The number of carbonyl (C=O) groups excluding carboxylic acids is 1. The molecule has 0 radical (unpaired) electrons. The van der Waals surface area contributed by atoms with Crippen molar-refractivity contribution in [2.75, 3.05) is 36.5 Å². The van der Waals surface area contributed by atoms with Gasteiger partial charge in [-0.15, -0.1) is 0 Å². The van der Waals surface area contributed by atoms with Crippen LogP contribution in [-0.2, 0) is 9.47 Å². The molecular formula is C19H20F2N4O3. The number of nitrogens with zero attached hydrogens (tertiary/aromatic N) is 3. The van der Waals surface area contributed by atoms with Gasteiger partial charge < -0.3 is 19.7 Å². The van der Waals surface area contributed by atoms with Gasteiger partial charge in [-0.3, -0.25) is 4.79 Å². The van der Waals surface area contributed by atoms with Crippen LogP contribution in [0.5, 0.6) is 0 Å². The molecule has 1 spiro atoms. The van der Waals surface area contributed by atoms with Crippen LogP contribution in [0.1, 0.15) is 29.0 Å². The first kappa shape index (κ1) is 18.7. The van der Waals surface area contributed by atoms with Gasteiger partial charge in [0.1, 0.15) is 17.3 Å². The standard InChI is InChI=1S/C19H20F2N4O3/c1-12-10-16(17(26)23-15-3-2-13(20)11-14(15)21)24-18(22-12)25-6-4-19(5-7-25)27-8-9-28-19/h2-3,10-11H,4-9H2,1H3,(H,23,26). The summed E-state index contributed by atoms with van der Waals surface area (Å²) in [5.74, 6) is -2.24. The Kier molecular flexibility index (Phi) is 4.94. The van der Waals surface area contributed by atoms with Crippen LogP contribution in [0.4, 0.5) is 20.4 Å². The van der Waals surface area contributed by atoms with Crippen molar-refractivity contribution < 1.29 is 23.0 Å². The number of halogens is 2. The normalized spacial score (nSPS) is 18.5. The van der Waals surface area contributed by atoms with Gasteiger partial charge >= 0.3 is 0 Å². The molecule has 2 fully saturated rings. The summed E-state index contributed by atoms with van der Waals surface area (Å²) in [6.45, 7) is 4.24. The summed E-state index contributed by atoms with van der Waals surface area (Å²) in [7, 11) is 0. The summed E-state index contributed by atoms with van der Waals surface area (Å²) >= 11 is 0. The minimum atomic E-state index is -0.850. The van der Waals surface area contributed by atoms with Crippen LogP contribution in [-0.4, -0.2) is 48.0 Å². The van der Waals surface area contributed by atoms with Crippen molar-refractivity contribution >= 4 is 17.5 Å². The molecule has 2 saturated heterocycles. The van der Waals surface area contributed by atoms with E-state index in [1.807, 2.05) is 4.90 Å². The third kappa shape index (κ3) is 3.81. The topological polar surface area (TPSA) is 76.6 Å². The van der Waals surface area contributed by atoms with Crippen LogP contribution < -0.4 is 10.2 Å². The number of piperidine rings is 1. The number of hydrogen-bond donors (Lipinski definition) is 1. The van der Waals surface area contributed by atoms with Gasteiger partial charge in [0.2, 0.25) is 5.95 Å². The minimum Gasteiger partial charge on any atom is -0.347 e. The fourth-order valence-corrected chi connectivity index (χ4v) is 3.42. The monoisotopic (exact) mass is 390 g/mol. The zero-order chi connectivity index (χ0) is 19.7. The lowest BCUT2D eigenvalue weighted by atomic mass is 10.0. The van der Waals surface area contributed by atoms with Gasteiger partial charge in [-0.2, -0.15) is 0 Å². The molecule has 4 rings (SSSR count). The smallest absolute Gasteiger partial charge is 0.274 e. The summed E-state index contributed by atoms with van der Waals surface area (Å²) in [6, 6.07) is 4.48. The van der Waals surface area contributed by atoms with Gasteiger partial charge in [0.15, 0.2) is 5.79 Å². The fourth-order valence-electron chi connectivity index (χ4n) is 3.42. The van der Waals surface area contributed by atoms with Crippen LogP contribution in [0.3, 0.4) is 0 Å². The Morgan fingerprint density at radius 3 is 2.54 bits per heavy atom. The van der Waals surface area contributed by atoms with Crippen molar-refractivity contribution in [1.29, 1.82) is 0 Å². The number of rotatable bonds is 3. The van der Waals surface area contributed by atoms with Crippen molar-refractivity contribution in [3.63, 3.8) is 0 Å². The summed E-state index contributed by atoms with van der Waals surface area (Å²) in [4.78, 5) is 23.3. The van der Waals surface area contributed by atoms with E-state index >= 15 is 0 Å². The van der Waals surface area contributed by atoms with Crippen LogP contribution in [0.15, 0.2) is 24.3 Å². The van der Waals surface area contributed by atoms with E-state index in [1.165, 1.54) is 12.1 Å². The van der Waals surface area contributed by atoms with E-state index in [1.54, 1.807) is 6.92 Å². The van der Waals surface area contributed by atoms with Gasteiger partial charge in [-0.25, -0.2) is 18.7 Å². The molecule has 1 aromatic heterocycles. The average molecular weight is 390 g/mol. The van der Waals surface area contributed by atoms with Gasteiger partial charge in [0.05, 0.1) is 18.9 Å². The molecule has 28 heavy (non-hydrogen) atoms. The highest BCUT2D eigenvalue weighted by molar-refractivity contribution is 6.03. The number of ether oxygens (including phenoxy) is 2. The van der Waals surface area contributed by atoms with Crippen molar-refractivity contribution in [2.24, 2.45) is 0 Å². The zero-order valence-electron chi connectivity index (χ0n) is 15.4. The highest BCUT2D eigenvalue weighted by Gasteiger charge is 2.40. The minimum absolute atomic E-state index is 0.111. The Labute approximate surface area is 160 Å². The van der Waals surface area contributed by atoms with E-state index in [0.29, 0.717) is 56.9 Å². The van der Waals surface area contributed by atoms with E-state index in [0.717, 1.165) is 6.07 Å². The maximum absolute atomic E-state index is 13.8. The predicted molar refractivity (Wildman–Crippen MR) is 97.2 cm³/mol. The second kappa shape index (κ2) is 7.40. The largest absolute Gasteiger partial charge is 0.347 e. The van der Waals surface area contributed by atoms with Crippen molar-refractivity contribution in [2.45, 2.75) is 25.6 Å². The van der Waals surface area contributed by atoms with Crippen LogP contribution in [0.25, 0.3) is 0 Å². The van der Waals surface area contributed by atoms with Crippen LogP contribution >= 0.6 is 0 Å². The molecule has 0 aliphatic carbocycles. The number of aromatic nitrogens is 2. The first-order valence-corrected chi connectivity index (χ1v) is 9.09. The Morgan fingerprint density at radius 1 is 1.14 bits per heavy atom. The average Bonchev–Trinajstić information content (AvgIpc) is 3.12. The molecular weight excluding hydrogens is 370 g/mol. The van der Waals surface area contributed by atoms with Gasteiger partial charge in [-0.1, -0.05) is 0 Å². The molecule has 2 aromatic rings. The van der Waals surface area contributed by atoms with E-state index in [4.69, 9.17) is 9.47 Å². The summed E-state index contributed by atoms with van der Waals surface area (Å²) in [5.41, 5.74) is 0.614. The zero-order valence-corrected chi connectivity index (χ0v) is 15.4. The lowest BCUT2D eigenvalue weighted by Gasteiger charge is -2.37. The number of nitrogens with one attached hydrogen (secondary N) is 1. The quantitative estimate of drug-likeness (QED) is 0.868. The predicted octanol–water partition coefficient (Wildman–Crippen LogP) is 2.66. The summed E-state index contributed by atoms with van der Waals surface area (Å²) in [5, 5.41) is 2.42. The van der Waals surface area contributed by atoms with E-state index in [9.17, 15) is 13.6 Å². The molecule has 1 N–H and O–H groups in total. The number of amides is 1. The molecule has 7 nitrogen and oxygen atoms in total. The molecule has 3 heterocycles. The van der Waals surface area contributed by atoms with Crippen LogP contribution in [0.2, 0.25) is 0 Å². The maximum atomic E-state index is 13.8. The first-order valence-electron chi connectivity index (χ1n) is 9.09. The molecule has 1 amide bonds. The number of benzene rings is 1. The SMILES string of the molecule is Cc1cc(C(=O)Nc2ccc(F)cc2F)nc(N2CCC3(CC2)OCCO3)n1. The first-order chi connectivity index (χ1) is 13.4. The van der Waals surface area contributed by atoms with E-state index in [-0.39, 0.29) is 11.4 Å². The van der Waals surface area contributed by atoms with Gasteiger partial charge in [0, 0.05) is 37.7 Å². The lowest BCUT2D eigenvalue weighted by Crippen LogP contribution is -2.45. The molecule has 0 saturated carbocycles. The summed E-state index contributed by atoms with van der Waals surface area (Å²) < 4.78 is 38.3. The molecule has 1 aromatic carbocycles. The highest BCUT2D eigenvalue weighted by atomic mass is 19.1. The van der Waals surface area contributed by atoms with E-state index in [2.05, 4.69) is 15.3 Å². The fraction of sp³-hybridized carbons (Fsp3) is 0.421. The second-order valence-electron chi connectivity index (χ2n) is 6.87. The number of aryl methyl sites for hydroxylation is 1. The van der Waals surface area contributed by atoms with Crippen LogP contribution in [0, 0.1) is 18.6 Å². The maximum Gasteiger partial charge on any atom is 0.274 e. The molecule has 148 valence electrons. The Balaban J connectivity index is 1.50. The van der Waals surface area contributed by atoms with E-state index < -0.39 is 23.3 Å². The van der Waals surface area contributed by atoms with Crippen molar-refractivity contribution in [3.05, 3.63) is 47.3 Å². The molecule has 0 atom stereocenters. The molecule has 2 aliphatic heterocycles. The summed E-state index contributed by atoms with van der Waals surface area (Å²) in [6.07, 6.45) is 1.37. The Hall–Kier alpha value is -2.65. The number of carbonyl (C=O) groups is 1. The molecule has 2 aliphatic rings. The molecule has 0 bridgehead atoms. The Morgan fingerprint density at radius 2 is 1.86 bits per heavy atom. The third-order valence-corrected chi connectivity index (χ3v) is 4.88.